The van der Waals surface area contributed by atoms with Gasteiger partial charge in [-0.1, -0.05) is 18.2 Å². The first-order chi connectivity index (χ1) is 17.3. The molecule has 0 aliphatic carbocycles. The van der Waals surface area contributed by atoms with Gasteiger partial charge in [-0.15, -0.1) is 4.31 Å². The molecule has 10 heteroatoms. The van der Waals surface area contributed by atoms with Crippen LogP contribution in [0.15, 0.2) is 41.0 Å². The van der Waals surface area contributed by atoms with Crippen LogP contribution in [0, 0.1) is 11.3 Å². The van der Waals surface area contributed by atoms with Gasteiger partial charge in [0.05, 0.1) is 29.5 Å². The minimum Gasteiger partial charge on any atom is -0.593 e. The van der Waals surface area contributed by atoms with Crippen molar-refractivity contribution >= 4 is 51.4 Å². The Hall–Kier alpha value is -2.92. The Morgan fingerprint density at radius 2 is 2.06 bits per heavy atom. The highest BCUT2D eigenvalue weighted by atomic mass is 32.2. The third-order valence-electron chi connectivity index (χ3n) is 6.13. The first-order valence-electron chi connectivity index (χ1n) is 11.9. The molecule has 4 N–H and O–H groups in total. The molecule has 0 spiro atoms. The van der Waals surface area contributed by atoms with Gasteiger partial charge in [0.25, 0.3) is 0 Å². The predicted octanol–water partition coefficient (Wildman–Crippen LogP) is 4.24. The van der Waals surface area contributed by atoms with E-state index in [0.717, 1.165) is 29.2 Å². The van der Waals surface area contributed by atoms with Crippen LogP contribution in [0.25, 0.3) is 10.8 Å². The molecule has 1 saturated heterocycles. The lowest BCUT2D eigenvalue weighted by Gasteiger charge is -2.32. The van der Waals surface area contributed by atoms with Crippen LogP contribution in [0.5, 0.6) is 0 Å². The summed E-state index contributed by atoms with van der Waals surface area (Å²) in [4.78, 5) is 25.1. The number of ether oxygens (including phenoxy) is 1. The number of carbonyl (C=O) groups is 2. The van der Waals surface area contributed by atoms with Crippen molar-refractivity contribution < 1.29 is 24.0 Å². The van der Waals surface area contributed by atoms with Crippen molar-refractivity contribution in [3.63, 3.8) is 0 Å². The van der Waals surface area contributed by atoms with E-state index in [0.29, 0.717) is 43.8 Å². The highest BCUT2D eigenvalue weighted by Crippen LogP contribution is 2.33. The second kappa shape index (κ2) is 12.9. The predicted molar refractivity (Wildman–Crippen MR) is 144 cm³/mol. The van der Waals surface area contributed by atoms with Crippen LogP contribution in [-0.2, 0) is 20.9 Å². The van der Waals surface area contributed by atoms with Crippen LogP contribution >= 0.6 is 0 Å². The van der Waals surface area contributed by atoms with Crippen molar-refractivity contribution in [2.45, 2.75) is 33.1 Å². The number of hydrogen-bond acceptors (Lipinski definition) is 8. The number of carbonyl (C=O) groups excluding carboxylic acids is 2. The Balaban J connectivity index is 1.81. The highest BCUT2D eigenvalue weighted by Gasteiger charge is 2.36. The Bertz CT molecular complexity index is 1150. The first-order valence-corrected chi connectivity index (χ1v) is 13.1. The van der Waals surface area contributed by atoms with Crippen LogP contribution in [0.2, 0.25) is 0 Å². The van der Waals surface area contributed by atoms with Gasteiger partial charge in [0.15, 0.2) is 6.29 Å². The van der Waals surface area contributed by atoms with Crippen molar-refractivity contribution in [1.29, 1.82) is 5.41 Å². The van der Waals surface area contributed by atoms with E-state index in [1.807, 2.05) is 18.2 Å². The second-order valence-corrected chi connectivity index (χ2v) is 10.2. The number of aliphatic hydroxyl groups excluding tert-OH is 1. The standard InChI is InChI=1S/C26H34N4O5S/c1-17(27)25(18(2)32)36(34)30-13-5-8-19(15-30)26(33)29-22-10-11-23(28-12-6-14-35-3)24-20(16-31)7-4-9-21(22)24/h4,7,9-11,16,19,27-28,32H,5-6,8,12-15H2,1-3H3,(H,29,33)/b25-18+,27-17?. The van der Waals surface area contributed by atoms with E-state index < -0.39 is 17.3 Å². The zero-order valence-electron chi connectivity index (χ0n) is 20.9. The van der Waals surface area contributed by atoms with Crippen molar-refractivity contribution in [2.24, 2.45) is 5.92 Å². The van der Waals surface area contributed by atoms with Gasteiger partial charge in [0, 0.05) is 54.5 Å². The zero-order valence-corrected chi connectivity index (χ0v) is 21.7. The number of aldehydes is 1. The first kappa shape index (κ1) is 27.7. The number of benzene rings is 2. The van der Waals surface area contributed by atoms with Gasteiger partial charge in [0.1, 0.15) is 5.76 Å². The molecule has 2 aromatic rings. The molecule has 2 unspecified atom stereocenters. The molecule has 2 atom stereocenters. The van der Waals surface area contributed by atoms with Gasteiger partial charge in [-0.2, -0.15) is 0 Å². The van der Waals surface area contributed by atoms with Crippen LogP contribution in [0.3, 0.4) is 0 Å². The normalized spacial score (nSPS) is 17.8. The summed E-state index contributed by atoms with van der Waals surface area (Å²) in [5, 5.41) is 25.6. The molecule has 1 heterocycles. The lowest BCUT2D eigenvalue weighted by molar-refractivity contribution is -0.120. The lowest BCUT2D eigenvalue weighted by atomic mass is 9.97. The SMILES string of the molecule is COCCCNc1ccc(NC(=O)C2CCCN([S+]([O-])/C(C(C)=N)=C(\C)O)C2)c2cccc(C=O)c12. The number of methoxy groups -OCH3 is 1. The second-order valence-electron chi connectivity index (χ2n) is 8.83. The molecule has 0 radical (unpaired) electrons. The number of nitrogens with one attached hydrogen (secondary N) is 3. The average Bonchev–Trinajstić information content (AvgIpc) is 2.86. The van der Waals surface area contributed by atoms with Crippen molar-refractivity contribution in [3.05, 3.63) is 46.6 Å². The van der Waals surface area contributed by atoms with E-state index in [4.69, 9.17) is 10.1 Å². The number of nitrogens with zero attached hydrogens (tertiary/aromatic N) is 1. The van der Waals surface area contributed by atoms with E-state index in [1.54, 1.807) is 23.5 Å². The molecule has 1 aliphatic rings. The fraction of sp³-hybridized carbons (Fsp3) is 0.423. The number of rotatable bonds is 11. The molecule has 0 aromatic heterocycles. The van der Waals surface area contributed by atoms with E-state index in [9.17, 15) is 19.2 Å². The monoisotopic (exact) mass is 514 g/mol. The lowest BCUT2D eigenvalue weighted by Crippen LogP contribution is -2.44. The molecule has 0 bridgehead atoms. The van der Waals surface area contributed by atoms with E-state index in [1.165, 1.54) is 13.8 Å². The summed E-state index contributed by atoms with van der Waals surface area (Å²) in [7, 11) is 1.65. The van der Waals surface area contributed by atoms with E-state index >= 15 is 0 Å². The Labute approximate surface area is 214 Å². The topological polar surface area (TPSA) is 138 Å². The summed E-state index contributed by atoms with van der Waals surface area (Å²) in [6.07, 6.45) is 2.92. The minimum atomic E-state index is -1.72. The summed E-state index contributed by atoms with van der Waals surface area (Å²) in [5.74, 6) is -0.765. The summed E-state index contributed by atoms with van der Waals surface area (Å²) >= 11 is -1.72. The molecule has 36 heavy (non-hydrogen) atoms. The van der Waals surface area contributed by atoms with Gasteiger partial charge in [-0.25, -0.2) is 0 Å². The summed E-state index contributed by atoms with van der Waals surface area (Å²) in [5.41, 5.74) is 1.97. The summed E-state index contributed by atoms with van der Waals surface area (Å²) < 4.78 is 19.8. The Kier molecular flexibility index (Phi) is 9.89. The van der Waals surface area contributed by atoms with Crippen molar-refractivity contribution in [1.82, 2.24) is 4.31 Å². The number of amides is 1. The van der Waals surface area contributed by atoms with E-state index in [-0.39, 0.29) is 28.8 Å². The molecular formula is C26H34N4O5S. The maximum Gasteiger partial charge on any atom is 0.231 e. The average molecular weight is 515 g/mol. The van der Waals surface area contributed by atoms with Crippen LogP contribution in [-0.4, -0.2) is 65.2 Å². The number of allylic oxidation sites excluding steroid dienone is 2. The smallest absolute Gasteiger partial charge is 0.231 e. The molecule has 1 aliphatic heterocycles. The maximum atomic E-state index is 13.3. The number of piperidine rings is 1. The minimum absolute atomic E-state index is 0.0354. The molecule has 0 saturated carbocycles. The van der Waals surface area contributed by atoms with E-state index in [2.05, 4.69) is 10.6 Å². The van der Waals surface area contributed by atoms with Gasteiger partial charge in [0.2, 0.25) is 10.8 Å². The number of hydrogen-bond donors (Lipinski definition) is 4. The van der Waals surface area contributed by atoms with Gasteiger partial charge in [-0.3, -0.25) is 9.59 Å². The fourth-order valence-corrected chi connectivity index (χ4v) is 5.81. The zero-order chi connectivity index (χ0) is 26.2. The number of fused-ring (bicyclic) bond motifs is 1. The van der Waals surface area contributed by atoms with Crippen LogP contribution in [0.1, 0.15) is 43.5 Å². The molecule has 1 amide bonds. The van der Waals surface area contributed by atoms with Crippen LogP contribution in [0.4, 0.5) is 11.4 Å². The molecule has 9 nitrogen and oxygen atoms in total. The molecular weight excluding hydrogens is 480 g/mol. The maximum absolute atomic E-state index is 13.3. The largest absolute Gasteiger partial charge is 0.593 e. The highest BCUT2D eigenvalue weighted by molar-refractivity contribution is 7.94. The quantitative estimate of drug-likeness (QED) is 0.116. The molecule has 194 valence electrons. The van der Waals surface area contributed by atoms with Crippen molar-refractivity contribution in [3.8, 4) is 0 Å². The molecule has 1 fully saturated rings. The Morgan fingerprint density at radius 1 is 1.31 bits per heavy atom. The number of anilines is 2. The third-order valence-corrected chi connectivity index (χ3v) is 7.88. The fourth-order valence-electron chi connectivity index (χ4n) is 4.43. The molecule has 2 aromatic carbocycles. The molecule has 3 rings (SSSR count). The van der Waals surface area contributed by atoms with Gasteiger partial charge < -0.3 is 30.4 Å². The summed E-state index contributed by atoms with van der Waals surface area (Å²) in [6, 6.07) is 9.07. The summed E-state index contributed by atoms with van der Waals surface area (Å²) in [6.45, 7) is 4.95. The number of aliphatic hydroxyl groups is 1. The van der Waals surface area contributed by atoms with Crippen LogP contribution < -0.4 is 10.6 Å². The van der Waals surface area contributed by atoms with Crippen molar-refractivity contribution in [2.75, 3.05) is 44.0 Å². The van der Waals surface area contributed by atoms with Gasteiger partial charge in [-0.05, 0) is 45.2 Å². The van der Waals surface area contributed by atoms with Gasteiger partial charge >= 0.3 is 0 Å². The Morgan fingerprint density at radius 3 is 2.72 bits per heavy atom. The third kappa shape index (κ3) is 6.44.